The zero-order valence-corrected chi connectivity index (χ0v) is 23.9. The highest BCUT2D eigenvalue weighted by molar-refractivity contribution is 7.53. The van der Waals surface area contributed by atoms with Crippen molar-refractivity contribution in [3.05, 3.63) is 28.8 Å². The third-order valence-electron chi connectivity index (χ3n) is 6.83. The Bertz CT molecular complexity index is 804. The number of benzene rings is 1. The Balaban J connectivity index is 1.55. The van der Waals surface area contributed by atoms with Crippen LogP contribution in [0.15, 0.2) is 6.07 Å². The summed E-state index contributed by atoms with van der Waals surface area (Å²) < 4.78 is 57.3. The molecule has 37 heavy (non-hydrogen) atoms. The number of rotatable bonds is 20. The molecule has 0 N–H and O–H groups in total. The molecule has 6 nitrogen and oxygen atoms in total. The van der Waals surface area contributed by atoms with Gasteiger partial charge in [0.15, 0.2) is 11.6 Å². The summed E-state index contributed by atoms with van der Waals surface area (Å²) in [5.74, 6) is -1.38. The second-order valence-corrected chi connectivity index (χ2v) is 11.9. The van der Waals surface area contributed by atoms with Crippen LogP contribution in [0.4, 0.5) is 8.78 Å². The topological polar surface area (TPSA) is 63.2 Å². The molecule has 0 atom stereocenters. The zero-order valence-electron chi connectivity index (χ0n) is 23.0. The fourth-order valence-corrected chi connectivity index (χ4v) is 6.23. The Hall–Kier alpha value is -1.05. The Morgan fingerprint density at radius 3 is 1.92 bits per heavy atom. The summed E-state index contributed by atoms with van der Waals surface area (Å²) >= 11 is 0. The summed E-state index contributed by atoms with van der Waals surface area (Å²) in [6, 6.07) is 1.67. The highest BCUT2D eigenvalue weighted by Crippen LogP contribution is 2.49. The number of halogens is 2. The van der Waals surface area contributed by atoms with Crippen LogP contribution in [0.2, 0.25) is 0 Å². The van der Waals surface area contributed by atoms with E-state index >= 15 is 0 Å². The molecular formula is C28H47F2O6P. The van der Waals surface area contributed by atoms with E-state index in [9.17, 15) is 13.3 Å². The van der Waals surface area contributed by atoms with Crippen LogP contribution in [0.25, 0.3) is 0 Å². The van der Waals surface area contributed by atoms with Crippen molar-refractivity contribution in [1.29, 1.82) is 0 Å². The van der Waals surface area contributed by atoms with Gasteiger partial charge in [-0.3, -0.25) is 4.57 Å². The largest absolute Gasteiger partial charge is 0.490 e. The average Bonchev–Trinajstić information content (AvgIpc) is 2.90. The molecular weight excluding hydrogens is 501 g/mol. The van der Waals surface area contributed by atoms with Gasteiger partial charge < -0.3 is 4.74 Å². The van der Waals surface area contributed by atoms with E-state index in [0.717, 1.165) is 82.6 Å². The molecule has 0 amide bonds. The van der Waals surface area contributed by atoms with E-state index < -0.39 is 19.2 Å². The predicted octanol–water partition coefficient (Wildman–Crippen LogP) is 9.34. The van der Waals surface area contributed by atoms with Gasteiger partial charge in [0.1, 0.15) is 0 Å². The maximum atomic E-state index is 14.8. The molecule has 0 spiro atoms. The van der Waals surface area contributed by atoms with Crippen molar-refractivity contribution < 1.29 is 37.2 Å². The fourth-order valence-electron chi connectivity index (χ4n) is 4.91. The lowest BCUT2D eigenvalue weighted by molar-refractivity contribution is -0.263. The molecule has 1 aromatic rings. The van der Waals surface area contributed by atoms with Crippen molar-refractivity contribution >= 4 is 7.60 Å². The highest BCUT2D eigenvalue weighted by atomic mass is 31.2. The molecule has 0 aliphatic heterocycles. The molecule has 1 fully saturated rings. The first kappa shape index (κ1) is 32.2. The van der Waals surface area contributed by atoms with Gasteiger partial charge in [-0.25, -0.2) is 14.2 Å². The zero-order chi connectivity index (χ0) is 26.9. The van der Waals surface area contributed by atoms with Crippen molar-refractivity contribution in [3.8, 4) is 5.75 Å². The van der Waals surface area contributed by atoms with Crippen LogP contribution in [-0.4, -0.2) is 26.0 Å². The van der Waals surface area contributed by atoms with Crippen molar-refractivity contribution in [2.75, 3.05) is 26.0 Å². The van der Waals surface area contributed by atoms with Crippen LogP contribution in [-0.2, 0) is 23.7 Å². The van der Waals surface area contributed by atoms with Crippen LogP contribution in [0.5, 0.6) is 5.75 Å². The van der Waals surface area contributed by atoms with Crippen molar-refractivity contribution in [1.82, 2.24) is 0 Å². The minimum absolute atomic E-state index is 0.0393. The Kier molecular flexibility index (Phi) is 15.9. The second-order valence-electron chi connectivity index (χ2n) is 9.90. The van der Waals surface area contributed by atoms with Gasteiger partial charge >= 0.3 is 7.60 Å². The molecule has 214 valence electrons. The molecule has 1 aliphatic rings. The van der Waals surface area contributed by atoms with Gasteiger partial charge in [0.05, 0.1) is 26.0 Å². The minimum atomic E-state index is -3.37. The van der Waals surface area contributed by atoms with Gasteiger partial charge in [0, 0.05) is 0 Å². The Morgan fingerprint density at radius 1 is 0.811 bits per heavy atom. The summed E-state index contributed by atoms with van der Waals surface area (Å²) in [6.45, 7) is 6.32. The Morgan fingerprint density at radius 2 is 1.35 bits per heavy atom. The monoisotopic (exact) mass is 548 g/mol. The van der Waals surface area contributed by atoms with Gasteiger partial charge in [-0.05, 0) is 69.6 Å². The first-order valence-corrected chi connectivity index (χ1v) is 16.0. The molecule has 1 saturated carbocycles. The van der Waals surface area contributed by atoms with Crippen LogP contribution in [0, 0.1) is 18.6 Å². The lowest BCUT2D eigenvalue weighted by atomic mass is 9.82. The summed E-state index contributed by atoms with van der Waals surface area (Å²) in [5, 5.41) is 0. The number of hydrogen-bond acceptors (Lipinski definition) is 6. The summed E-state index contributed by atoms with van der Waals surface area (Å²) in [4.78, 5) is 9.61. The molecule has 1 aliphatic carbocycles. The third kappa shape index (κ3) is 11.7. The van der Waals surface area contributed by atoms with E-state index in [1.54, 1.807) is 19.9 Å². The quantitative estimate of drug-likeness (QED) is 0.0700. The fraction of sp³-hybridized carbons (Fsp3) is 0.786. The normalized spacial score (nSPS) is 14.8. The molecule has 9 heteroatoms. The molecule has 1 aromatic carbocycles. The summed E-state index contributed by atoms with van der Waals surface area (Å²) in [5.41, 5.74) is 1.35. The molecule has 0 radical (unpaired) electrons. The first-order chi connectivity index (χ1) is 17.9. The maximum Gasteiger partial charge on any atom is 0.384 e. The van der Waals surface area contributed by atoms with Gasteiger partial charge in [-0.15, -0.1) is 9.35 Å². The molecule has 0 bridgehead atoms. The first-order valence-electron chi connectivity index (χ1n) is 14.2. The van der Waals surface area contributed by atoms with Crippen molar-refractivity contribution in [2.45, 2.75) is 117 Å². The lowest BCUT2D eigenvalue weighted by Crippen LogP contribution is -2.11. The van der Waals surface area contributed by atoms with E-state index in [-0.39, 0.29) is 31.0 Å². The van der Waals surface area contributed by atoms with Crippen molar-refractivity contribution in [3.63, 3.8) is 0 Å². The molecule has 0 heterocycles. The number of unbranched alkanes of at least 4 members (excludes halogenated alkanes) is 8. The summed E-state index contributed by atoms with van der Waals surface area (Å²) in [7, 11) is -3.37. The molecule has 0 saturated heterocycles. The van der Waals surface area contributed by atoms with Gasteiger partial charge in [0.25, 0.3) is 0 Å². The number of aryl methyl sites for hydroxylation is 1. The standard InChI is InChI=1S/C28H47F2O6P/c1-4-33-35-37(31,36-34-5-2)21-17-12-10-8-6-7-9-11-16-20-32-25-22-23(3)26(28(30)27(25)29)24-18-14-13-15-19-24/h22,24H,4-21H2,1-3H3. The van der Waals surface area contributed by atoms with E-state index in [1.165, 1.54) is 6.42 Å². The molecule has 0 unspecified atom stereocenters. The maximum absolute atomic E-state index is 14.8. The SMILES string of the molecule is CCOOP(=O)(CCCCCCCCCCCOc1cc(C)c(C2CCCCC2)c(F)c1F)OOCC. The smallest absolute Gasteiger partial charge is 0.384 e. The predicted molar refractivity (Wildman–Crippen MR) is 142 cm³/mol. The van der Waals surface area contributed by atoms with Crippen molar-refractivity contribution in [2.24, 2.45) is 0 Å². The van der Waals surface area contributed by atoms with E-state index in [0.29, 0.717) is 18.6 Å². The highest BCUT2D eigenvalue weighted by Gasteiger charge is 2.27. The lowest BCUT2D eigenvalue weighted by Gasteiger charge is -2.25. The van der Waals surface area contributed by atoms with Crippen LogP contribution >= 0.6 is 7.60 Å². The second kappa shape index (κ2) is 18.3. The van der Waals surface area contributed by atoms with Crippen LogP contribution < -0.4 is 4.74 Å². The third-order valence-corrected chi connectivity index (χ3v) is 8.36. The van der Waals surface area contributed by atoms with E-state index in [1.807, 2.05) is 6.92 Å². The van der Waals surface area contributed by atoms with E-state index in [4.69, 9.17) is 23.9 Å². The number of ether oxygens (including phenoxy) is 1. The van der Waals surface area contributed by atoms with Gasteiger partial charge in [-0.1, -0.05) is 64.2 Å². The van der Waals surface area contributed by atoms with Crippen LogP contribution in [0.1, 0.15) is 121 Å². The summed E-state index contributed by atoms with van der Waals surface area (Å²) in [6.07, 6.45) is 14.4. The number of hydrogen-bond donors (Lipinski definition) is 0. The van der Waals surface area contributed by atoms with Crippen LogP contribution in [0.3, 0.4) is 0 Å². The average molecular weight is 549 g/mol. The van der Waals surface area contributed by atoms with Gasteiger partial charge in [0.2, 0.25) is 5.82 Å². The van der Waals surface area contributed by atoms with E-state index in [2.05, 4.69) is 0 Å². The van der Waals surface area contributed by atoms with Gasteiger partial charge in [-0.2, -0.15) is 4.39 Å². The molecule has 0 aromatic heterocycles. The minimum Gasteiger partial charge on any atom is -0.490 e. The Labute approximate surface area is 222 Å². The molecule has 2 rings (SSSR count).